The normalized spacial score (nSPS) is 10.8. The summed E-state index contributed by atoms with van der Waals surface area (Å²) in [7, 11) is 0. The third kappa shape index (κ3) is 4.68. The maximum absolute atomic E-state index is 10.8. The summed E-state index contributed by atoms with van der Waals surface area (Å²) in [6, 6.07) is 20.4. The summed E-state index contributed by atoms with van der Waals surface area (Å²) in [5.74, 6) is 1.76. The van der Waals surface area contributed by atoms with Crippen molar-refractivity contribution in [1.29, 1.82) is 0 Å². The molecule has 0 saturated carbocycles. The number of rotatable bonds is 7. The van der Waals surface area contributed by atoms with Crippen LogP contribution < -0.4 is 10.1 Å². The Morgan fingerprint density at radius 3 is 2.67 bits per heavy atom. The van der Waals surface area contributed by atoms with Crippen LogP contribution in [0.25, 0.3) is 22.4 Å². The van der Waals surface area contributed by atoms with Gasteiger partial charge in [0.15, 0.2) is 17.8 Å². The Labute approximate surface area is 194 Å². The Hall–Kier alpha value is -4.23. The van der Waals surface area contributed by atoms with Crippen molar-refractivity contribution in [2.24, 2.45) is 0 Å². The zero-order chi connectivity index (χ0) is 22.6. The van der Waals surface area contributed by atoms with Crippen molar-refractivity contribution in [1.82, 2.24) is 15.0 Å². The molecule has 5 rings (SSSR count). The van der Waals surface area contributed by atoms with Crippen LogP contribution >= 0.6 is 11.6 Å². The highest BCUT2D eigenvalue weighted by molar-refractivity contribution is 6.32. The van der Waals surface area contributed by atoms with Crippen molar-refractivity contribution in [2.45, 2.75) is 6.61 Å². The first-order valence-electron chi connectivity index (χ1n) is 10.1. The van der Waals surface area contributed by atoms with Crippen LogP contribution in [0.4, 0.5) is 11.6 Å². The molecular weight excluding hydrogens is 440 g/mol. The lowest BCUT2D eigenvalue weighted by Gasteiger charge is -2.11. The van der Waals surface area contributed by atoms with Gasteiger partial charge in [0.05, 0.1) is 16.7 Å². The van der Waals surface area contributed by atoms with Crippen LogP contribution in [0, 0.1) is 0 Å². The number of carbonyl (C=O) groups excluding carboxylic acids is 1. The summed E-state index contributed by atoms with van der Waals surface area (Å²) < 4.78 is 11.2. The molecule has 0 fully saturated rings. The Morgan fingerprint density at radius 1 is 1.00 bits per heavy atom. The van der Waals surface area contributed by atoms with Crippen molar-refractivity contribution in [3.05, 3.63) is 95.5 Å². The number of halogens is 1. The molecule has 2 aromatic carbocycles. The number of pyridine rings is 1. The van der Waals surface area contributed by atoms with Crippen LogP contribution in [0.5, 0.6) is 5.75 Å². The Kier molecular flexibility index (Phi) is 5.70. The second-order valence-corrected chi connectivity index (χ2v) is 7.59. The van der Waals surface area contributed by atoms with Crippen molar-refractivity contribution < 1.29 is 13.9 Å². The average Bonchev–Trinajstić information content (AvgIpc) is 3.33. The Bertz CT molecular complexity index is 1440. The molecule has 1 N–H and O–H groups in total. The molecule has 7 nitrogen and oxygen atoms in total. The van der Waals surface area contributed by atoms with Gasteiger partial charge >= 0.3 is 0 Å². The van der Waals surface area contributed by atoms with Crippen molar-refractivity contribution in [2.75, 3.05) is 5.32 Å². The van der Waals surface area contributed by atoms with E-state index < -0.39 is 0 Å². The molecule has 162 valence electrons. The van der Waals surface area contributed by atoms with E-state index in [2.05, 4.69) is 20.3 Å². The number of furan rings is 1. The molecule has 0 saturated heterocycles. The molecule has 0 radical (unpaired) electrons. The summed E-state index contributed by atoms with van der Waals surface area (Å²) in [6.07, 6.45) is 3.98. The summed E-state index contributed by atoms with van der Waals surface area (Å²) >= 11 is 6.40. The monoisotopic (exact) mass is 456 g/mol. The van der Waals surface area contributed by atoms with Gasteiger partial charge < -0.3 is 14.5 Å². The van der Waals surface area contributed by atoms with Gasteiger partial charge in [-0.3, -0.25) is 9.78 Å². The van der Waals surface area contributed by atoms with Gasteiger partial charge in [-0.15, -0.1) is 0 Å². The smallest absolute Gasteiger partial charge is 0.227 e. The van der Waals surface area contributed by atoms with E-state index in [0.717, 1.165) is 16.6 Å². The standard InChI is InChI=1S/C25H17ClN4O3/c26-20-11-18(6-8-23(20)32-15-16-4-2-1-3-5-16)29-25-28-12-17-10-21(27-13-22(17)30-25)24-9-7-19(14-31)33-24/h1-14H,15H2,(H,28,29,30). The van der Waals surface area contributed by atoms with Gasteiger partial charge in [0.2, 0.25) is 5.95 Å². The highest BCUT2D eigenvalue weighted by atomic mass is 35.5. The molecule has 5 aromatic rings. The lowest BCUT2D eigenvalue weighted by Crippen LogP contribution is -1.99. The number of fused-ring (bicyclic) bond motifs is 1. The molecule has 3 aromatic heterocycles. The first kappa shape index (κ1) is 20.7. The fourth-order valence-corrected chi connectivity index (χ4v) is 3.48. The summed E-state index contributed by atoms with van der Waals surface area (Å²) in [4.78, 5) is 24.1. The number of hydrogen-bond donors (Lipinski definition) is 1. The average molecular weight is 457 g/mol. The summed E-state index contributed by atoms with van der Waals surface area (Å²) in [5.41, 5.74) is 3.05. The van der Waals surface area contributed by atoms with E-state index in [1.165, 1.54) is 0 Å². The quantitative estimate of drug-likeness (QED) is 0.297. The molecule has 0 amide bonds. The molecule has 0 aliphatic carbocycles. The van der Waals surface area contributed by atoms with Crippen LogP contribution in [-0.2, 0) is 6.61 Å². The zero-order valence-electron chi connectivity index (χ0n) is 17.2. The number of anilines is 2. The third-order valence-electron chi connectivity index (χ3n) is 4.89. The second kappa shape index (κ2) is 9.10. The SMILES string of the molecule is O=Cc1ccc(-c2cc3cnc(Nc4ccc(OCc5ccccc5)c(Cl)c4)nc3cn2)o1. The fourth-order valence-electron chi connectivity index (χ4n) is 3.24. The van der Waals surface area contributed by atoms with Crippen molar-refractivity contribution in [3.63, 3.8) is 0 Å². The summed E-state index contributed by atoms with van der Waals surface area (Å²) in [5, 5.41) is 4.42. The van der Waals surface area contributed by atoms with Gasteiger partial charge in [0.25, 0.3) is 0 Å². The summed E-state index contributed by atoms with van der Waals surface area (Å²) in [6.45, 7) is 0.435. The number of benzene rings is 2. The predicted molar refractivity (Wildman–Crippen MR) is 126 cm³/mol. The molecule has 0 atom stereocenters. The van der Waals surface area contributed by atoms with E-state index in [1.807, 2.05) is 42.5 Å². The van der Waals surface area contributed by atoms with Crippen LogP contribution in [-0.4, -0.2) is 21.2 Å². The molecule has 33 heavy (non-hydrogen) atoms. The number of hydrogen-bond acceptors (Lipinski definition) is 7. The fraction of sp³-hybridized carbons (Fsp3) is 0.0400. The van der Waals surface area contributed by atoms with Crippen LogP contribution in [0.3, 0.4) is 0 Å². The number of nitrogens with one attached hydrogen (secondary N) is 1. The van der Waals surface area contributed by atoms with Crippen LogP contribution in [0.15, 0.2) is 83.5 Å². The first-order valence-corrected chi connectivity index (χ1v) is 10.5. The van der Waals surface area contributed by atoms with Crippen molar-refractivity contribution >= 4 is 40.4 Å². The number of nitrogens with zero attached hydrogens (tertiary/aromatic N) is 3. The largest absolute Gasteiger partial charge is 0.487 e. The third-order valence-corrected chi connectivity index (χ3v) is 5.18. The van der Waals surface area contributed by atoms with Gasteiger partial charge in [-0.1, -0.05) is 41.9 Å². The van der Waals surface area contributed by atoms with E-state index in [1.54, 1.807) is 36.7 Å². The number of ether oxygens (including phenoxy) is 1. The Balaban J connectivity index is 1.30. The van der Waals surface area contributed by atoms with E-state index in [9.17, 15) is 4.79 Å². The van der Waals surface area contributed by atoms with Gasteiger partial charge in [0, 0.05) is 17.3 Å². The molecule has 0 unspecified atom stereocenters. The topological polar surface area (TPSA) is 90.1 Å². The molecule has 0 aliphatic rings. The maximum atomic E-state index is 10.8. The molecule has 8 heteroatoms. The van der Waals surface area contributed by atoms with Gasteiger partial charge in [-0.25, -0.2) is 9.97 Å². The molecule has 0 spiro atoms. The van der Waals surface area contributed by atoms with Crippen molar-refractivity contribution in [3.8, 4) is 17.2 Å². The molecule has 0 bridgehead atoms. The predicted octanol–water partition coefficient (Wildman–Crippen LogP) is 6.07. The second-order valence-electron chi connectivity index (χ2n) is 7.19. The van der Waals surface area contributed by atoms with Gasteiger partial charge in [0.1, 0.15) is 18.1 Å². The maximum Gasteiger partial charge on any atom is 0.227 e. The van der Waals surface area contributed by atoms with E-state index in [-0.39, 0.29) is 5.76 Å². The first-order chi connectivity index (χ1) is 16.2. The van der Waals surface area contributed by atoms with Gasteiger partial charge in [-0.05, 0) is 42.0 Å². The zero-order valence-corrected chi connectivity index (χ0v) is 18.0. The Morgan fingerprint density at radius 2 is 1.88 bits per heavy atom. The van der Waals surface area contributed by atoms with Gasteiger partial charge in [-0.2, -0.15) is 0 Å². The number of carbonyl (C=O) groups is 1. The highest BCUT2D eigenvalue weighted by Crippen LogP contribution is 2.30. The molecule has 3 heterocycles. The molecule has 0 aliphatic heterocycles. The van der Waals surface area contributed by atoms with Crippen LogP contribution in [0.1, 0.15) is 16.1 Å². The minimum atomic E-state index is 0.248. The van der Waals surface area contributed by atoms with E-state index >= 15 is 0 Å². The lowest BCUT2D eigenvalue weighted by molar-refractivity contribution is 0.110. The number of aldehydes is 1. The molecular formula is C25H17ClN4O3. The van der Waals surface area contributed by atoms with Crippen LogP contribution in [0.2, 0.25) is 5.02 Å². The highest BCUT2D eigenvalue weighted by Gasteiger charge is 2.09. The minimum absolute atomic E-state index is 0.248. The van der Waals surface area contributed by atoms with E-state index in [0.29, 0.717) is 46.6 Å². The minimum Gasteiger partial charge on any atom is -0.487 e. The number of aromatic nitrogens is 3. The van der Waals surface area contributed by atoms with E-state index in [4.69, 9.17) is 20.8 Å². The lowest BCUT2D eigenvalue weighted by atomic mass is 10.2.